The molecule has 3 atom stereocenters. The maximum Gasteiger partial charge on any atom is 0.235 e. The molecule has 0 aromatic carbocycles. The topological polar surface area (TPSA) is 66.5 Å². The number of allylic oxidation sites excluding steroid dienone is 2. The maximum absolute atomic E-state index is 12.6. The van der Waals surface area contributed by atoms with Gasteiger partial charge in [0.15, 0.2) is 0 Å². The highest BCUT2D eigenvalue weighted by molar-refractivity contribution is 6.06. The average Bonchev–Trinajstić information content (AvgIpc) is 3.32. The number of nitrogens with zero attached hydrogens (tertiary/aromatic N) is 1. The monoisotopic (exact) mass is 330 g/mol. The van der Waals surface area contributed by atoms with Crippen molar-refractivity contribution < 1.29 is 14.4 Å². The number of rotatable bonds is 5. The van der Waals surface area contributed by atoms with Gasteiger partial charge in [-0.15, -0.1) is 0 Å². The number of likely N-dealkylation sites (tertiary alicyclic amines) is 1. The molecule has 1 spiro atoms. The van der Waals surface area contributed by atoms with Crippen LogP contribution in [0.2, 0.25) is 0 Å². The SMILES string of the molecule is O=C(CCN1C(=O)CC2(CCCC2)C1=O)NC[C@@H]1C[C@H]2C=C[C@H]1C2. The number of hydrogen-bond acceptors (Lipinski definition) is 3. The van der Waals surface area contributed by atoms with Gasteiger partial charge in [-0.05, 0) is 43.4 Å². The van der Waals surface area contributed by atoms with Gasteiger partial charge in [0.05, 0.1) is 5.41 Å². The summed E-state index contributed by atoms with van der Waals surface area (Å²) in [6.45, 7) is 0.956. The predicted molar refractivity (Wildman–Crippen MR) is 88.7 cm³/mol. The molecule has 24 heavy (non-hydrogen) atoms. The summed E-state index contributed by atoms with van der Waals surface area (Å²) in [5.74, 6) is 1.72. The van der Waals surface area contributed by atoms with Gasteiger partial charge in [-0.1, -0.05) is 25.0 Å². The van der Waals surface area contributed by atoms with Gasteiger partial charge < -0.3 is 5.32 Å². The fourth-order valence-electron chi connectivity index (χ4n) is 5.20. The van der Waals surface area contributed by atoms with Crippen LogP contribution in [0.5, 0.6) is 0 Å². The third-order valence-electron chi connectivity index (χ3n) is 6.59. The molecule has 130 valence electrons. The molecule has 0 radical (unpaired) electrons. The van der Waals surface area contributed by atoms with Crippen LogP contribution in [0.4, 0.5) is 0 Å². The van der Waals surface area contributed by atoms with Gasteiger partial charge in [0.2, 0.25) is 17.7 Å². The Kier molecular flexibility index (Phi) is 3.97. The van der Waals surface area contributed by atoms with Crippen molar-refractivity contribution in [2.75, 3.05) is 13.1 Å². The molecule has 4 rings (SSSR count). The number of carbonyl (C=O) groups excluding carboxylic acids is 3. The van der Waals surface area contributed by atoms with E-state index >= 15 is 0 Å². The van der Waals surface area contributed by atoms with E-state index in [2.05, 4.69) is 17.5 Å². The third-order valence-corrected chi connectivity index (χ3v) is 6.59. The van der Waals surface area contributed by atoms with Crippen molar-refractivity contribution in [1.29, 1.82) is 0 Å². The van der Waals surface area contributed by atoms with Crippen molar-refractivity contribution in [3.63, 3.8) is 0 Å². The smallest absolute Gasteiger partial charge is 0.235 e. The molecule has 4 aliphatic rings. The first-order chi connectivity index (χ1) is 11.6. The fourth-order valence-corrected chi connectivity index (χ4v) is 5.20. The van der Waals surface area contributed by atoms with E-state index in [1.807, 2.05) is 0 Å². The van der Waals surface area contributed by atoms with E-state index in [9.17, 15) is 14.4 Å². The Hall–Kier alpha value is -1.65. The second kappa shape index (κ2) is 6.01. The summed E-state index contributed by atoms with van der Waals surface area (Å²) >= 11 is 0. The zero-order chi connectivity index (χ0) is 16.7. The van der Waals surface area contributed by atoms with Crippen LogP contribution in [0.25, 0.3) is 0 Å². The van der Waals surface area contributed by atoms with E-state index < -0.39 is 5.41 Å². The minimum Gasteiger partial charge on any atom is -0.356 e. The lowest BCUT2D eigenvalue weighted by atomic mass is 9.84. The Morgan fingerprint density at radius 3 is 2.67 bits per heavy atom. The summed E-state index contributed by atoms with van der Waals surface area (Å²) in [4.78, 5) is 38.2. The zero-order valence-electron chi connectivity index (χ0n) is 14.1. The summed E-state index contributed by atoms with van der Waals surface area (Å²) in [6.07, 6.45) is 11.3. The maximum atomic E-state index is 12.6. The van der Waals surface area contributed by atoms with Gasteiger partial charge in [0, 0.05) is 25.9 Å². The number of carbonyl (C=O) groups is 3. The molecule has 0 aromatic rings. The Balaban J connectivity index is 1.24. The summed E-state index contributed by atoms with van der Waals surface area (Å²) in [6, 6.07) is 0. The largest absolute Gasteiger partial charge is 0.356 e. The van der Waals surface area contributed by atoms with E-state index in [-0.39, 0.29) is 30.7 Å². The number of fused-ring (bicyclic) bond motifs is 2. The highest BCUT2D eigenvalue weighted by Crippen LogP contribution is 2.47. The first kappa shape index (κ1) is 15.9. The van der Waals surface area contributed by atoms with Crippen LogP contribution in [0.1, 0.15) is 51.4 Å². The van der Waals surface area contributed by atoms with Gasteiger partial charge in [-0.3, -0.25) is 19.3 Å². The zero-order valence-corrected chi connectivity index (χ0v) is 14.1. The lowest BCUT2D eigenvalue weighted by molar-refractivity contribution is -0.141. The van der Waals surface area contributed by atoms with Crippen LogP contribution >= 0.6 is 0 Å². The van der Waals surface area contributed by atoms with Gasteiger partial charge in [-0.2, -0.15) is 0 Å². The quantitative estimate of drug-likeness (QED) is 0.619. The first-order valence-corrected chi connectivity index (χ1v) is 9.37. The molecule has 5 nitrogen and oxygen atoms in total. The van der Waals surface area contributed by atoms with Crippen molar-refractivity contribution >= 4 is 17.7 Å². The van der Waals surface area contributed by atoms with E-state index in [0.717, 1.165) is 32.2 Å². The molecule has 1 N–H and O–H groups in total. The van der Waals surface area contributed by atoms with Crippen molar-refractivity contribution in [3.05, 3.63) is 12.2 Å². The Labute approximate surface area is 142 Å². The van der Waals surface area contributed by atoms with Crippen LogP contribution in [-0.4, -0.2) is 35.7 Å². The molecule has 0 aromatic heterocycles. The molecule has 5 heteroatoms. The summed E-state index contributed by atoms with van der Waals surface area (Å²) < 4.78 is 0. The van der Waals surface area contributed by atoms with Crippen molar-refractivity contribution in [2.45, 2.75) is 51.4 Å². The Morgan fingerprint density at radius 2 is 2.00 bits per heavy atom. The molecule has 1 heterocycles. The Morgan fingerprint density at radius 1 is 1.21 bits per heavy atom. The average molecular weight is 330 g/mol. The first-order valence-electron chi connectivity index (χ1n) is 9.37. The molecule has 3 aliphatic carbocycles. The molecule has 2 saturated carbocycles. The molecular weight excluding hydrogens is 304 g/mol. The number of hydrogen-bond donors (Lipinski definition) is 1. The van der Waals surface area contributed by atoms with Crippen LogP contribution in [-0.2, 0) is 14.4 Å². The standard InChI is InChI=1S/C19H26N2O3/c22-16(20-12-15-10-13-3-4-14(15)9-13)5-8-21-17(23)11-19(18(21)24)6-1-2-7-19/h3-4,13-15H,1-2,5-12H2,(H,20,22)/t13-,14-,15-/m0/s1. The van der Waals surface area contributed by atoms with Crippen molar-refractivity contribution in [3.8, 4) is 0 Å². The molecule has 1 aliphatic heterocycles. The van der Waals surface area contributed by atoms with Gasteiger partial charge in [0.25, 0.3) is 0 Å². The molecule has 1 saturated heterocycles. The minimum absolute atomic E-state index is 0.0314. The number of amides is 3. The van der Waals surface area contributed by atoms with Crippen LogP contribution in [0.3, 0.4) is 0 Å². The fraction of sp³-hybridized carbons (Fsp3) is 0.737. The van der Waals surface area contributed by atoms with Gasteiger partial charge in [-0.25, -0.2) is 0 Å². The predicted octanol–water partition coefficient (Wildman–Crippen LogP) is 2.02. The van der Waals surface area contributed by atoms with Gasteiger partial charge >= 0.3 is 0 Å². The van der Waals surface area contributed by atoms with E-state index in [1.54, 1.807) is 0 Å². The van der Waals surface area contributed by atoms with Crippen LogP contribution < -0.4 is 5.32 Å². The molecule has 3 fully saturated rings. The van der Waals surface area contributed by atoms with Crippen molar-refractivity contribution in [1.82, 2.24) is 10.2 Å². The number of imide groups is 1. The van der Waals surface area contributed by atoms with Crippen molar-refractivity contribution in [2.24, 2.45) is 23.2 Å². The second-order valence-corrected chi connectivity index (χ2v) is 8.11. The highest BCUT2D eigenvalue weighted by Gasteiger charge is 2.52. The second-order valence-electron chi connectivity index (χ2n) is 8.11. The number of nitrogens with one attached hydrogen (secondary N) is 1. The van der Waals surface area contributed by atoms with E-state index in [1.165, 1.54) is 17.7 Å². The summed E-state index contributed by atoms with van der Waals surface area (Å²) in [7, 11) is 0. The molecular formula is C19H26N2O3. The van der Waals surface area contributed by atoms with E-state index in [4.69, 9.17) is 0 Å². The summed E-state index contributed by atoms with van der Waals surface area (Å²) in [5, 5.41) is 3.00. The highest BCUT2D eigenvalue weighted by atomic mass is 16.2. The molecule has 0 unspecified atom stereocenters. The lowest BCUT2D eigenvalue weighted by Crippen LogP contribution is -2.38. The van der Waals surface area contributed by atoms with E-state index in [0.29, 0.717) is 24.2 Å². The molecule has 2 bridgehead atoms. The lowest BCUT2D eigenvalue weighted by Gasteiger charge is -2.21. The summed E-state index contributed by atoms with van der Waals surface area (Å²) in [5.41, 5.74) is -0.428. The minimum atomic E-state index is -0.428. The molecule has 3 amide bonds. The normalized spacial score (nSPS) is 33.2. The van der Waals surface area contributed by atoms with Gasteiger partial charge in [0.1, 0.15) is 0 Å². The Bertz CT molecular complexity index is 591. The third kappa shape index (κ3) is 2.68. The van der Waals surface area contributed by atoms with Crippen LogP contribution in [0.15, 0.2) is 12.2 Å². The van der Waals surface area contributed by atoms with Crippen LogP contribution in [0, 0.1) is 23.2 Å².